The minimum Gasteiger partial charge on any atom is -0.507 e. The molecule has 9 heteroatoms. The highest BCUT2D eigenvalue weighted by atomic mass is 16.5. The lowest BCUT2D eigenvalue weighted by Gasteiger charge is -2.33. The second-order valence-electron chi connectivity index (χ2n) is 7.65. The number of phenolic OH excluding ortho intramolecular Hbond substituents is 1. The van der Waals surface area contributed by atoms with E-state index in [-0.39, 0.29) is 5.75 Å². The van der Waals surface area contributed by atoms with Crippen molar-refractivity contribution in [1.82, 2.24) is 30.0 Å². The van der Waals surface area contributed by atoms with Gasteiger partial charge in [-0.1, -0.05) is 0 Å². The first-order valence-corrected chi connectivity index (χ1v) is 9.88. The summed E-state index contributed by atoms with van der Waals surface area (Å²) in [6, 6.07) is 5.88. The van der Waals surface area contributed by atoms with Crippen LogP contribution in [0.15, 0.2) is 30.6 Å². The zero-order valence-corrected chi connectivity index (χ0v) is 17.1. The number of pyridine rings is 1. The van der Waals surface area contributed by atoms with Crippen LogP contribution in [0.1, 0.15) is 6.92 Å². The summed E-state index contributed by atoms with van der Waals surface area (Å²) < 4.78 is 7.27. The number of aromatic hydroxyl groups is 1. The van der Waals surface area contributed by atoms with Gasteiger partial charge in [0.25, 0.3) is 0 Å². The number of methoxy groups -OCH3 is 1. The maximum atomic E-state index is 10.5. The molecule has 30 heavy (non-hydrogen) atoms. The number of phenols is 1. The van der Waals surface area contributed by atoms with Crippen LogP contribution in [0.4, 0.5) is 5.69 Å². The first-order chi connectivity index (χ1) is 14.5. The summed E-state index contributed by atoms with van der Waals surface area (Å²) in [5, 5.41) is 19.9. The third kappa shape index (κ3) is 3.17. The average molecular weight is 405 g/mol. The lowest BCUT2D eigenvalue weighted by molar-refractivity contribution is 0.403. The molecule has 0 saturated carbocycles. The van der Waals surface area contributed by atoms with Crippen LogP contribution in [0, 0.1) is 0 Å². The van der Waals surface area contributed by atoms with Crippen molar-refractivity contribution in [1.29, 1.82) is 0 Å². The van der Waals surface area contributed by atoms with E-state index in [0.717, 1.165) is 36.1 Å². The Morgan fingerprint density at radius 1 is 1.23 bits per heavy atom. The van der Waals surface area contributed by atoms with Crippen molar-refractivity contribution in [3.8, 4) is 23.0 Å². The van der Waals surface area contributed by atoms with Gasteiger partial charge in [0.2, 0.25) is 5.88 Å². The van der Waals surface area contributed by atoms with Crippen molar-refractivity contribution < 1.29 is 9.84 Å². The highest BCUT2D eigenvalue weighted by Gasteiger charge is 2.19. The van der Waals surface area contributed by atoms with Gasteiger partial charge in [-0.2, -0.15) is 10.1 Å². The van der Waals surface area contributed by atoms with Gasteiger partial charge in [0.05, 0.1) is 35.5 Å². The Balaban J connectivity index is 1.61. The van der Waals surface area contributed by atoms with Crippen molar-refractivity contribution in [2.75, 3.05) is 31.6 Å². The zero-order valence-electron chi connectivity index (χ0n) is 17.1. The second kappa shape index (κ2) is 7.10. The molecule has 0 aliphatic carbocycles. The fraction of sp³-hybridized carbons (Fsp3) is 0.333. The monoisotopic (exact) mass is 405 g/mol. The number of fused-ring (bicyclic) bond motifs is 2. The number of rotatable bonds is 3. The van der Waals surface area contributed by atoms with E-state index in [9.17, 15) is 5.11 Å². The Hall–Kier alpha value is -3.46. The minimum absolute atomic E-state index is 0.0639. The number of piperazine rings is 1. The van der Waals surface area contributed by atoms with Gasteiger partial charge in [-0.25, -0.2) is 9.97 Å². The van der Waals surface area contributed by atoms with Gasteiger partial charge < -0.3 is 20.1 Å². The number of ether oxygens (including phenoxy) is 1. The van der Waals surface area contributed by atoms with Crippen LogP contribution in [-0.4, -0.2) is 62.6 Å². The van der Waals surface area contributed by atoms with Gasteiger partial charge in [0, 0.05) is 50.4 Å². The molecule has 5 rings (SSSR count). The lowest BCUT2D eigenvalue weighted by atomic mass is 10.1. The molecule has 1 aromatic carbocycles. The molecule has 1 unspecified atom stereocenters. The SMILES string of the molecule is COc1nc(-c2cc3cn(C)nc3cc2O)nc2ncc(N3CCNC(C)C3)cc12. The van der Waals surface area contributed by atoms with E-state index < -0.39 is 0 Å². The normalized spacial score (nSPS) is 17.0. The molecule has 1 aliphatic heterocycles. The Bertz CT molecular complexity index is 1250. The standard InChI is InChI=1S/C21H23N7O2/c1-12-10-28(5-4-22-12)14-7-16-19(23-9-14)24-20(25-21(16)30-3)15-6-13-11-27(2)26-17(13)8-18(15)29/h6-9,11-12,22,29H,4-5,10H2,1-3H3. The van der Waals surface area contributed by atoms with Crippen molar-refractivity contribution in [2.45, 2.75) is 13.0 Å². The summed E-state index contributed by atoms with van der Waals surface area (Å²) >= 11 is 0. The Morgan fingerprint density at radius 2 is 2.10 bits per heavy atom. The van der Waals surface area contributed by atoms with Gasteiger partial charge in [-0.15, -0.1) is 0 Å². The topological polar surface area (TPSA) is 101 Å². The molecule has 0 spiro atoms. The number of anilines is 1. The summed E-state index contributed by atoms with van der Waals surface area (Å²) in [7, 11) is 3.42. The number of nitrogens with zero attached hydrogens (tertiary/aromatic N) is 6. The van der Waals surface area contributed by atoms with E-state index in [4.69, 9.17) is 4.74 Å². The number of benzene rings is 1. The Morgan fingerprint density at radius 3 is 2.90 bits per heavy atom. The summed E-state index contributed by atoms with van der Waals surface area (Å²) in [4.78, 5) is 16.1. The van der Waals surface area contributed by atoms with E-state index in [0.29, 0.717) is 34.5 Å². The van der Waals surface area contributed by atoms with Crippen LogP contribution in [0.5, 0.6) is 11.6 Å². The number of aromatic nitrogens is 5. The molecule has 4 aromatic rings. The van der Waals surface area contributed by atoms with E-state index in [1.54, 1.807) is 17.9 Å². The fourth-order valence-corrected chi connectivity index (χ4v) is 3.95. The van der Waals surface area contributed by atoms with Crippen LogP contribution in [0.25, 0.3) is 33.3 Å². The third-order valence-corrected chi connectivity index (χ3v) is 5.41. The first kappa shape index (κ1) is 18.6. The second-order valence-corrected chi connectivity index (χ2v) is 7.65. The van der Waals surface area contributed by atoms with Gasteiger partial charge in [0.1, 0.15) is 5.75 Å². The molecular weight excluding hydrogens is 382 g/mol. The van der Waals surface area contributed by atoms with Crippen molar-refractivity contribution in [3.05, 3.63) is 30.6 Å². The van der Waals surface area contributed by atoms with Crippen molar-refractivity contribution >= 4 is 27.6 Å². The molecule has 1 atom stereocenters. The molecule has 0 radical (unpaired) electrons. The van der Waals surface area contributed by atoms with Gasteiger partial charge in [-0.3, -0.25) is 4.68 Å². The number of nitrogens with one attached hydrogen (secondary N) is 1. The van der Waals surface area contributed by atoms with Crippen LogP contribution < -0.4 is 15.0 Å². The van der Waals surface area contributed by atoms with E-state index >= 15 is 0 Å². The molecule has 4 heterocycles. The molecule has 2 N–H and O–H groups in total. The fourth-order valence-electron chi connectivity index (χ4n) is 3.95. The van der Waals surface area contributed by atoms with Crippen molar-refractivity contribution in [2.24, 2.45) is 7.05 Å². The Kier molecular flexibility index (Phi) is 4.39. The molecule has 1 aliphatic rings. The molecule has 0 amide bonds. The quantitative estimate of drug-likeness (QED) is 0.534. The van der Waals surface area contributed by atoms with E-state index in [1.165, 1.54) is 0 Å². The number of hydrogen-bond donors (Lipinski definition) is 2. The van der Waals surface area contributed by atoms with Gasteiger partial charge in [0.15, 0.2) is 11.5 Å². The lowest BCUT2D eigenvalue weighted by Crippen LogP contribution is -2.49. The Labute approximate surface area is 173 Å². The molecule has 3 aromatic heterocycles. The average Bonchev–Trinajstić information content (AvgIpc) is 3.10. The molecule has 1 saturated heterocycles. The summed E-state index contributed by atoms with van der Waals surface area (Å²) in [5.41, 5.74) is 2.76. The maximum absolute atomic E-state index is 10.5. The van der Waals surface area contributed by atoms with E-state index in [1.807, 2.05) is 31.6 Å². The maximum Gasteiger partial charge on any atom is 0.226 e. The molecular formula is C21H23N7O2. The number of hydrogen-bond acceptors (Lipinski definition) is 8. The predicted octanol–water partition coefficient (Wildman–Crippen LogP) is 2.09. The van der Waals surface area contributed by atoms with Crippen LogP contribution in [0.3, 0.4) is 0 Å². The summed E-state index contributed by atoms with van der Waals surface area (Å²) in [5.74, 6) is 0.853. The van der Waals surface area contributed by atoms with Crippen LogP contribution in [-0.2, 0) is 7.05 Å². The molecule has 0 bridgehead atoms. The van der Waals surface area contributed by atoms with E-state index in [2.05, 4.69) is 37.2 Å². The molecule has 154 valence electrons. The van der Waals surface area contributed by atoms with Crippen LogP contribution >= 0.6 is 0 Å². The minimum atomic E-state index is 0.0639. The van der Waals surface area contributed by atoms with Gasteiger partial charge >= 0.3 is 0 Å². The molecule has 9 nitrogen and oxygen atoms in total. The number of aryl methyl sites for hydroxylation is 1. The molecule has 1 fully saturated rings. The zero-order chi connectivity index (χ0) is 20.8. The smallest absolute Gasteiger partial charge is 0.226 e. The largest absolute Gasteiger partial charge is 0.507 e. The highest BCUT2D eigenvalue weighted by molar-refractivity contribution is 5.89. The first-order valence-electron chi connectivity index (χ1n) is 9.88. The summed E-state index contributed by atoms with van der Waals surface area (Å²) in [6.45, 7) is 4.93. The predicted molar refractivity (Wildman–Crippen MR) is 115 cm³/mol. The van der Waals surface area contributed by atoms with Gasteiger partial charge in [-0.05, 0) is 19.1 Å². The third-order valence-electron chi connectivity index (χ3n) is 5.41. The van der Waals surface area contributed by atoms with Crippen molar-refractivity contribution in [3.63, 3.8) is 0 Å². The van der Waals surface area contributed by atoms with Crippen LogP contribution in [0.2, 0.25) is 0 Å². The summed E-state index contributed by atoms with van der Waals surface area (Å²) in [6.07, 6.45) is 3.72. The highest BCUT2D eigenvalue weighted by Crippen LogP contribution is 2.34.